The molecule has 6 heteroatoms. The van der Waals surface area contributed by atoms with Crippen LogP contribution in [0.4, 0.5) is 5.69 Å². The van der Waals surface area contributed by atoms with E-state index in [1.165, 1.54) is 11.3 Å². The van der Waals surface area contributed by atoms with Gasteiger partial charge in [-0.2, -0.15) is 0 Å². The van der Waals surface area contributed by atoms with Crippen molar-refractivity contribution in [2.75, 3.05) is 25.7 Å². The Hall–Kier alpha value is -1.82. The standard InChI is InChI=1S/C13H17N3O2S/c1-4-18-13-15-14-12(19-13)9-16(2)10-7-5-6-8-11(10)17-3/h5-8H,4,9H2,1-3H3. The monoisotopic (exact) mass is 279 g/mol. The van der Waals surface area contributed by atoms with E-state index < -0.39 is 0 Å². The van der Waals surface area contributed by atoms with Crippen LogP contribution in [0.25, 0.3) is 0 Å². The molecule has 102 valence electrons. The minimum atomic E-state index is 0.608. The number of aromatic nitrogens is 2. The number of hydrogen-bond acceptors (Lipinski definition) is 6. The van der Waals surface area contributed by atoms with Crippen LogP contribution in [0, 0.1) is 0 Å². The summed E-state index contributed by atoms with van der Waals surface area (Å²) in [7, 11) is 3.67. The second-order valence-corrected chi connectivity index (χ2v) is 4.95. The molecule has 19 heavy (non-hydrogen) atoms. The number of para-hydroxylation sites is 2. The number of methoxy groups -OCH3 is 1. The summed E-state index contributed by atoms with van der Waals surface area (Å²) in [5.41, 5.74) is 1.03. The van der Waals surface area contributed by atoms with Gasteiger partial charge >= 0.3 is 0 Å². The molecule has 2 rings (SSSR count). The lowest BCUT2D eigenvalue weighted by Crippen LogP contribution is -2.16. The number of benzene rings is 1. The van der Waals surface area contributed by atoms with Crippen molar-refractivity contribution >= 4 is 17.0 Å². The summed E-state index contributed by atoms with van der Waals surface area (Å²) in [6.07, 6.45) is 0. The van der Waals surface area contributed by atoms with Crippen LogP contribution in [-0.4, -0.2) is 31.0 Å². The van der Waals surface area contributed by atoms with E-state index in [9.17, 15) is 0 Å². The Bertz CT molecular complexity index is 530. The largest absolute Gasteiger partial charge is 0.495 e. The topological polar surface area (TPSA) is 47.5 Å². The van der Waals surface area contributed by atoms with Gasteiger partial charge < -0.3 is 14.4 Å². The molecule has 2 aromatic rings. The van der Waals surface area contributed by atoms with Crippen LogP contribution >= 0.6 is 11.3 Å². The third-order valence-electron chi connectivity index (χ3n) is 2.58. The second kappa shape index (κ2) is 6.38. The van der Waals surface area contributed by atoms with Crippen LogP contribution in [-0.2, 0) is 6.54 Å². The van der Waals surface area contributed by atoms with Crippen molar-refractivity contribution in [3.05, 3.63) is 29.3 Å². The fourth-order valence-corrected chi connectivity index (χ4v) is 2.52. The average molecular weight is 279 g/mol. The van der Waals surface area contributed by atoms with E-state index in [2.05, 4.69) is 15.1 Å². The third-order valence-corrected chi connectivity index (χ3v) is 3.41. The van der Waals surface area contributed by atoms with Crippen molar-refractivity contribution in [1.29, 1.82) is 0 Å². The molecular weight excluding hydrogens is 262 g/mol. The maximum absolute atomic E-state index is 5.35. The quantitative estimate of drug-likeness (QED) is 0.813. The first-order valence-electron chi connectivity index (χ1n) is 6.04. The molecule has 0 aliphatic carbocycles. The number of ether oxygens (including phenoxy) is 2. The zero-order valence-corrected chi connectivity index (χ0v) is 12.1. The van der Waals surface area contributed by atoms with Crippen molar-refractivity contribution < 1.29 is 9.47 Å². The summed E-state index contributed by atoms with van der Waals surface area (Å²) < 4.78 is 10.7. The van der Waals surface area contributed by atoms with E-state index in [0.717, 1.165) is 16.4 Å². The molecule has 0 N–H and O–H groups in total. The molecule has 1 aromatic carbocycles. The van der Waals surface area contributed by atoms with Crippen LogP contribution in [0.1, 0.15) is 11.9 Å². The molecule has 0 radical (unpaired) electrons. The molecule has 5 nitrogen and oxygen atoms in total. The highest BCUT2D eigenvalue weighted by molar-refractivity contribution is 7.13. The van der Waals surface area contributed by atoms with Crippen LogP contribution in [0.15, 0.2) is 24.3 Å². The van der Waals surface area contributed by atoms with Gasteiger partial charge in [0.05, 0.1) is 25.9 Å². The summed E-state index contributed by atoms with van der Waals surface area (Å²) in [6.45, 7) is 3.21. The van der Waals surface area contributed by atoms with Gasteiger partial charge in [-0.25, -0.2) is 0 Å². The number of hydrogen-bond donors (Lipinski definition) is 0. The number of anilines is 1. The molecule has 0 spiro atoms. The Balaban J connectivity index is 2.09. The van der Waals surface area contributed by atoms with E-state index in [1.807, 2.05) is 38.2 Å². The molecule has 0 bridgehead atoms. The SMILES string of the molecule is CCOc1nnc(CN(C)c2ccccc2OC)s1. The Morgan fingerprint density at radius 2 is 2.05 bits per heavy atom. The van der Waals surface area contributed by atoms with Crippen LogP contribution in [0.5, 0.6) is 10.9 Å². The lowest BCUT2D eigenvalue weighted by atomic mass is 10.2. The van der Waals surface area contributed by atoms with Gasteiger partial charge in [-0.15, -0.1) is 5.10 Å². The average Bonchev–Trinajstić information content (AvgIpc) is 2.86. The maximum Gasteiger partial charge on any atom is 0.294 e. The first-order valence-corrected chi connectivity index (χ1v) is 6.85. The normalized spacial score (nSPS) is 10.3. The van der Waals surface area contributed by atoms with Crippen molar-refractivity contribution in [3.63, 3.8) is 0 Å². The molecule has 0 atom stereocenters. The molecule has 0 unspecified atom stereocenters. The lowest BCUT2D eigenvalue weighted by molar-refractivity contribution is 0.335. The predicted molar refractivity (Wildman–Crippen MR) is 76.2 cm³/mol. The van der Waals surface area contributed by atoms with Gasteiger partial charge in [0.25, 0.3) is 5.19 Å². The zero-order chi connectivity index (χ0) is 13.7. The molecule has 0 aliphatic rings. The van der Waals surface area contributed by atoms with Crippen molar-refractivity contribution in [1.82, 2.24) is 10.2 Å². The number of rotatable bonds is 6. The van der Waals surface area contributed by atoms with Crippen LogP contribution in [0.3, 0.4) is 0 Å². The predicted octanol–water partition coefficient (Wildman–Crippen LogP) is 2.58. The highest BCUT2D eigenvalue weighted by atomic mass is 32.1. The first-order chi connectivity index (χ1) is 9.24. The highest BCUT2D eigenvalue weighted by Gasteiger charge is 2.11. The van der Waals surface area contributed by atoms with Gasteiger partial charge in [0.1, 0.15) is 10.8 Å². The second-order valence-electron chi connectivity index (χ2n) is 3.92. The van der Waals surface area contributed by atoms with E-state index in [1.54, 1.807) is 7.11 Å². The Morgan fingerprint density at radius 1 is 1.26 bits per heavy atom. The van der Waals surface area contributed by atoms with Gasteiger partial charge in [0.2, 0.25) is 0 Å². The van der Waals surface area contributed by atoms with Crippen molar-refractivity contribution in [2.45, 2.75) is 13.5 Å². The van der Waals surface area contributed by atoms with Crippen LogP contribution < -0.4 is 14.4 Å². The van der Waals surface area contributed by atoms with Gasteiger partial charge in [0.15, 0.2) is 0 Å². The fraction of sp³-hybridized carbons (Fsp3) is 0.385. The van der Waals surface area contributed by atoms with Gasteiger partial charge in [0, 0.05) is 7.05 Å². The smallest absolute Gasteiger partial charge is 0.294 e. The third kappa shape index (κ3) is 3.35. The molecule has 0 saturated carbocycles. The molecule has 1 aromatic heterocycles. The minimum absolute atomic E-state index is 0.608. The van der Waals surface area contributed by atoms with E-state index in [-0.39, 0.29) is 0 Å². The molecular formula is C13H17N3O2S. The van der Waals surface area contributed by atoms with Crippen molar-refractivity contribution in [2.24, 2.45) is 0 Å². The summed E-state index contributed by atoms with van der Waals surface area (Å²) >= 11 is 1.47. The first kappa shape index (κ1) is 13.6. The Kier molecular flexibility index (Phi) is 4.57. The molecule has 0 amide bonds. The lowest BCUT2D eigenvalue weighted by Gasteiger charge is -2.20. The summed E-state index contributed by atoms with van der Waals surface area (Å²) in [4.78, 5) is 2.08. The van der Waals surface area contributed by atoms with Gasteiger partial charge in [-0.05, 0) is 19.1 Å². The minimum Gasteiger partial charge on any atom is -0.495 e. The van der Waals surface area contributed by atoms with E-state index in [4.69, 9.17) is 9.47 Å². The molecule has 0 saturated heterocycles. The summed E-state index contributed by atoms with van der Waals surface area (Å²) in [5, 5.41) is 9.63. The Morgan fingerprint density at radius 3 is 2.79 bits per heavy atom. The summed E-state index contributed by atoms with van der Waals surface area (Å²) in [6, 6.07) is 7.90. The number of nitrogens with zero attached hydrogens (tertiary/aromatic N) is 3. The van der Waals surface area contributed by atoms with Gasteiger partial charge in [-0.1, -0.05) is 28.6 Å². The maximum atomic E-state index is 5.35. The van der Waals surface area contributed by atoms with E-state index >= 15 is 0 Å². The van der Waals surface area contributed by atoms with Crippen molar-refractivity contribution in [3.8, 4) is 10.9 Å². The highest BCUT2D eigenvalue weighted by Crippen LogP contribution is 2.28. The molecule has 1 heterocycles. The molecule has 0 fully saturated rings. The Labute approximate surface area is 116 Å². The fourth-order valence-electron chi connectivity index (χ4n) is 1.72. The molecule has 0 aliphatic heterocycles. The zero-order valence-electron chi connectivity index (χ0n) is 11.3. The summed E-state index contributed by atoms with van der Waals surface area (Å²) in [5.74, 6) is 0.847. The van der Waals surface area contributed by atoms with E-state index in [0.29, 0.717) is 18.3 Å². The van der Waals surface area contributed by atoms with Gasteiger partial charge in [-0.3, -0.25) is 0 Å². The van der Waals surface area contributed by atoms with Crippen LogP contribution in [0.2, 0.25) is 0 Å².